The molecule has 0 fully saturated rings. The van der Waals surface area contributed by atoms with Crippen LogP contribution in [0.25, 0.3) is 0 Å². The summed E-state index contributed by atoms with van der Waals surface area (Å²) >= 11 is 0. The number of nitrogens with one attached hydrogen (secondary N) is 1. The first kappa shape index (κ1) is 11.3. The number of hydrogen-bond acceptors (Lipinski definition) is 1. The van der Waals surface area contributed by atoms with Crippen molar-refractivity contribution in [1.29, 1.82) is 0 Å². The van der Waals surface area contributed by atoms with Gasteiger partial charge in [-0.3, -0.25) is 4.79 Å². The Hall–Kier alpha value is -2.16. The van der Waals surface area contributed by atoms with Crippen molar-refractivity contribution in [1.82, 2.24) is 0 Å². The van der Waals surface area contributed by atoms with Crippen LogP contribution >= 0.6 is 0 Å². The van der Waals surface area contributed by atoms with E-state index in [4.69, 9.17) is 0 Å². The molecule has 0 aromatic heterocycles. The van der Waals surface area contributed by atoms with Gasteiger partial charge in [-0.05, 0) is 37.3 Å². The Kier molecular flexibility index (Phi) is 3.19. The van der Waals surface area contributed by atoms with E-state index in [-0.39, 0.29) is 5.91 Å². The zero-order chi connectivity index (χ0) is 12.3. The average molecular weight is 229 g/mol. The Morgan fingerprint density at radius 1 is 1.12 bits per heavy atom. The molecule has 86 valence electrons. The molecule has 0 aliphatic rings. The topological polar surface area (TPSA) is 29.1 Å². The van der Waals surface area contributed by atoms with Crippen LogP contribution in [0.15, 0.2) is 48.5 Å². The Bertz CT molecular complexity index is 534. The van der Waals surface area contributed by atoms with E-state index in [0.717, 1.165) is 5.56 Å². The van der Waals surface area contributed by atoms with Crippen LogP contribution in [0.2, 0.25) is 0 Å². The van der Waals surface area contributed by atoms with Crippen molar-refractivity contribution in [2.75, 3.05) is 5.32 Å². The Morgan fingerprint density at radius 3 is 2.47 bits per heavy atom. The molecule has 1 amide bonds. The highest BCUT2D eigenvalue weighted by Crippen LogP contribution is 2.11. The van der Waals surface area contributed by atoms with E-state index >= 15 is 0 Å². The van der Waals surface area contributed by atoms with Crippen molar-refractivity contribution in [3.05, 3.63) is 65.5 Å². The fourth-order valence-electron chi connectivity index (χ4n) is 1.47. The zero-order valence-electron chi connectivity index (χ0n) is 9.41. The second-order valence-corrected chi connectivity index (χ2v) is 3.83. The number of rotatable bonds is 2. The minimum absolute atomic E-state index is 0.311. The van der Waals surface area contributed by atoms with Gasteiger partial charge in [0.2, 0.25) is 0 Å². The highest BCUT2D eigenvalue weighted by atomic mass is 19.1. The van der Waals surface area contributed by atoms with Crippen LogP contribution in [0.3, 0.4) is 0 Å². The molecule has 2 nitrogen and oxygen atoms in total. The molecule has 2 aromatic rings. The molecular formula is C14H12FNO. The molecule has 0 saturated carbocycles. The molecule has 17 heavy (non-hydrogen) atoms. The van der Waals surface area contributed by atoms with Crippen LogP contribution in [0.4, 0.5) is 10.1 Å². The lowest BCUT2D eigenvalue weighted by atomic mass is 10.2. The lowest BCUT2D eigenvalue weighted by Crippen LogP contribution is -2.11. The normalized spacial score (nSPS) is 10.0. The summed E-state index contributed by atoms with van der Waals surface area (Å²) in [6, 6.07) is 13.0. The maximum absolute atomic E-state index is 12.9. The fraction of sp³-hybridized carbons (Fsp3) is 0.0714. The smallest absolute Gasteiger partial charge is 0.255 e. The van der Waals surface area contributed by atoms with Gasteiger partial charge >= 0.3 is 0 Å². The number of halogens is 1. The van der Waals surface area contributed by atoms with Gasteiger partial charge in [0.15, 0.2) is 0 Å². The Morgan fingerprint density at radius 2 is 1.82 bits per heavy atom. The van der Waals surface area contributed by atoms with Gasteiger partial charge < -0.3 is 5.32 Å². The molecule has 0 saturated heterocycles. The predicted molar refractivity (Wildman–Crippen MR) is 65.5 cm³/mol. The van der Waals surface area contributed by atoms with Gasteiger partial charge in [0.25, 0.3) is 5.91 Å². The molecule has 3 heteroatoms. The molecule has 0 bridgehead atoms. The fourth-order valence-corrected chi connectivity index (χ4v) is 1.47. The first-order valence-corrected chi connectivity index (χ1v) is 5.29. The number of carbonyl (C=O) groups is 1. The second-order valence-electron chi connectivity index (χ2n) is 3.83. The summed E-state index contributed by atoms with van der Waals surface area (Å²) in [5, 5.41) is 2.71. The number of benzene rings is 2. The summed E-state index contributed by atoms with van der Waals surface area (Å²) in [6.45, 7) is 1.97. The molecule has 0 spiro atoms. The van der Waals surface area contributed by atoms with E-state index in [0.29, 0.717) is 11.3 Å². The SMILES string of the molecule is Cc1ccc(NC(=O)c2cccc(F)c2)cc1. The monoisotopic (exact) mass is 229 g/mol. The minimum atomic E-state index is -0.415. The number of anilines is 1. The zero-order valence-corrected chi connectivity index (χ0v) is 9.41. The largest absolute Gasteiger partial charge is 0.322 e. The number of hydrogen-bond donors (Lipinski definition) is 1. The van der Waals surface area contributed by atoms with Crippen LogP contribution < -0.4 is 5.32 Å². The van der Waals surface area contributed by atoms with Crippen LogP contribution in [-0.4, -0.2) is 5.91 Å². The quantitative estimate of drug-likeness (QED) is 0.840. The lowest BCUT2D eigenvalue weighted by molar-refractivity contribution is 0.102. The van der Waals surface area contributed by atoms with Gasteiger partial charge in [0.05, 0.1) is 0 Å². The van der Waals surface area contributed by atoms with Crippen molar-refractivity contribution in [3.63, 3.8) is 0 Å². The van der Waals surface area contributed by atoms with Gasteiger partial charge in [0, 0.05) is 11.3 Å². The predicted octanol–water partition coefficient (Wildman–Crippen LogP) is 3.39. The van der Waals surface area contributed by atoms with Gasteiger partial charge in [-0.15, -0.1) is 0 Å². The molecule has 0 unspecified atom stereocenters. The third kappa shape index (κ3) is 2.91. The van der Waals surface area contributed by atoms with E-state index in [1.54, 1.807) is 6.07 Å². The maximum atomic E-state index is 12.9. The van der Waals surface area contributed by atoms with Crippen molar-refractivity contribution >= 4 is 11.6 Å². The van der Waals surface area contributed by atoms with Crippen molar-refractivity contribution in [3.8, 4) is 0 Å². The molecule has 0 atom stereocenters. The average Bonchev–Trinajstić information content (AvgIpc) is 2.32. The molecule has 2 aromatic carbocycles. The van der Waals surface area contributed by atoms with E-state index in [2.05, 4.69) is 5.32 Å². The third-order valence-corrected chi connectivity index (χ3v) is 2.40. The van der Waals surface area contributed by atoms with Gasteiger partial charge in [-0.1, -0.05) is 23.8 Å². The molecule has 0 heterocycles. The summed E-state index contributed by atoms with van der Waals surface area (Å²) < 4.78 is 12.9. The van der Waals surface area contributed by atoms with E-state index in [1.165, 1.54) is 18.2 Å². The summed E-state index contributed by atoms with van der Waals surface area (Å²) in [5.74, 6) is -0.727. The Labute approximate surface area is 99.1 Å². The third-order valence-electron chi connectivity index (χ3n) is 2.40. The van der Waals surface area contributed by atoms with Crippen molar-refractivity contribution < 1.29 is 9.18 Å². The minimum Gasteiger partial charge on any atom is -0.322 e. The molecule has 0 aliphatic carbocycles. The Balaban J connectivity index is 2.14. The molecule has 0 radical (unpaired) electrons. The van der Waals surface area contributed by atoms with Crippen LogP contribution in [0.1, 0.15) is 15.9 Å². The molecular weight excluding hydrogens is 217 g/mol. The number of aryl methyl sites for hydroxylation is 1. The second kappa shape index (κ2) is 4.78. The first-order valence-electron chi connectivity index (χ1n) is 5.29. The van der Waals surface area contributed by atoms with Crippen molar-refractivity contribution in [2.24, 2.45) is 0 Å². The van der Waals surface area contributed by atoms with Crippen molar-refractivity contribution in [2.45, 2.75) is 6.92 Å². The summed E-state index contributed by atoms with van der Waals surface area (Å²) in [5.41, 5.74) is 2.13. The summed E-state index contributed by atoms with van der Waals surface area (Å²) in [6.07, 6.45) is 0. The van der Waals surface area contributed by atoms with Gasteiger partial charge in [-0.2, -0.15) is 0 Å². The first-order chi connectivity index (χ1) is 8.15. The summed E-state index contributed by atoms with van der Waals surface area (Å²) in [4.78, 5) is 11.8. The lowest BCUT2D eigenvalue weighted by Gasteiger charge is -2.05. The number of carbonyl (C=O) groups excluding carboxylic acids is 1. The highest BCUT2D eigenvalue weighted by Gasteiger charge is 2.06. The van der Waals surface area contributed by atoms with Crippen LogP contribution in [0, 0.1) is 12.7 Å². The van der Waals surface area contributed by atoms with Crippen LogP contribution in [-0.2, 0) is 0 Å². The highest BCUT2D eigenvalue weighted by molar-refractivity contribution is 6.04. The van der Waals surface area contributed by atoms with E-state index in [9.17, 15) is 9.18 Å². The standard InChI is InChI=1S/C14H12FNO/c1-10-5-7-13(8-6-10)16-14(17)11-3-2-4-12(15)9-11/h2-9H,1H3,(H,16,17). The maximum Gasteiger partial charge on any atom is 0.255 e. The van der Waals surface area contributed by atoms with E-state index < -0.39 is 5.82 Å². The van der Waals surface area contributed by atoms with Crippen LogP contribution in [0.5, 0.6) is 0 Å². The number of amides is 1. The van der Waals surface area contributed by atoms with Gasteiger partial charge in [-0.25, -0.2) is 4.39 Å². The molecule has 1 N–H and O–H groups in total. The summed E-state index contributed by atoms with van der Waals surface area (Å²) in [7, 11) is 0. The van der Waals surface area contributed by atoms with E-state index in [1.807, 2.05) is 31.2 Å². The molecule has 0 aliphatic heterocycles. The molecule has 2 rings (SSSR count). The van der Waals surface area contributed by atoms with Gasteiger partial charge in [0.1, 0.15) is 5.82 Å².